The molecule has 0 aromatic carbocycles. The highest BCUT2D eigenvalue weighted by Crippen LogP contribution is 2.50. The van der Waals surface area contributed by atoms with Crippen LogP contribution in [-0.4, -0.2) is 271 Å². The number of sulfonamides is 2. The summed E-state index contributed by atoms with van der Waals surface area (Å²) in [6.07, 6.45) is 15.5. The van der Waals surface area contributed by atoms with E-state index < -0.39 is 41.2 Å². The second-order valence-corrected chi connectivity index (χ2v) is 55.3. The van der Waals surface area contributed by atoms with Gasteiger partial charge in [-0.2, -0.15) is 8.61 Å². The average Bonchev–Trinajstić information content (AvgIpc) is 1.61. The zero-order valence-corrected chi connectivity index (χ0v) is 95.0. The Morgan fingerprint density at radius 3 is 0.918 bits per heavy atom. The summed E-state index contributed by atoms with van der Waals surface area (Å²) >= 11 is 8.08. The van der Waals surface area contributed by atoms with Gasteiger partial charge in [-0.1, -0.05) is 0 Å². The largest absolute Gasteiger partial charge is 0.377 e. The van der Waals surface area contributed by atoms with Gasteiger partial charge in [0, 0.05) is 109 Å². The van der Waals surface area contributed by atoms with E-state index in [-0.39, 0.29) is 66.3 Å². The lowest BCUT2D eigenvalue weighted by Gasteiger charge is -2.39. The molecular weight excluding hydrogens is 2020 g/mol. The van der Waals surface area contributed by atoms with Crippen LogP contribution in [0.3, 0.4) is 0 Å². The summed E-state index contributed by atoms with van der Waals surface area (Å²) < 4.78 is 86.0. The van der Waals surface area contributed by atoms with Gasteiger partial charge in [0.15, 0.2) is 9.84 Å². The molecule has 23 rings (SSSR count). The third-order valence-electron chi connectivity index (χ3n) is 31.7. The summed E-state index contributed by atoms with van der Waals surface area (Å²) in [5.41, 5.74) is 18.4. The predicted octanol–water partition coefficient (Wildman–Crippen LogP) is 16.9. The summed E-state index contributed by atoms with van der Waals surface area (Å²) in [5, 5.41) is 4.57. The van der Waals surface area contributed by atoms with Gasteiger partial charge in [-0.3, -0.25) is 24.0 Å². The number of morpholine rings is 2. The molecule has 147 heavy (non-hydrogen) atoms. The van der Waals surface area contributed by atoms with Gasteiger partial charge in [-0.25, -0.2) is 75.1 Å². The Morgan fingerprint density at radius 1 is 0.367 bits per heavy atom. The van der Waals surface area contributed by atoms with E-state index in [1.165, 1.54) is 73.7 Å². The van der Waals surface area contributed by atoms with Crippen LogP contribution in [0, 0.1) is 98.8 Å². The maximum Gasteiger partial charge on any atom is 0.258 e. The van der Waals surface area contributed by atoms with Crippen molar-refractivity contribution in [1.29, 1.82) is 0 Å². The molecule has 8 atom stereocenters. The molecule has 0 radical (unpaired) electrons. The normalized spacial score (nSPS) is 20.6. The van der Waals surface area contributed by atoms with Crippen LogP contribution in [0.5, 0.6) is 0 Å². The third kappa shape index (κ3) is 21.6. The van der Waals surface area contributed by atoms with E-state index in [0.717, 1.165) is 202 Å². The van der Waals surface area contributed by atoms with Crippen LogP contribution < -0.4 is 14.7 Å². The highest BCUT2D eigenvalue weighted by Gasteiger charge is 2.50. The van der Waals surface area contributed by atoms with Crippen molar-refractivity contribution in [2.75, 3.05) is 100 Å². The standard InChI is InChI=1S/2C22H28N4O2S.C21H26N4O3S2.C21H28N4O3S2.C20H26N4O3S2/c2*1-12-11-28-8-7-25(12)21-19-17(10-26(22(19)27)14(3)16-5-6-16)9-18(24-21)20-13(2)23-15(4)29-20;1-11-19(29-13(3)22-11)17-7-15-8-25(12(2)14-5-6-14)21(26)18(15)20(23-17)24-9-16(10-24)30(4,27)28;1-11-20(29-14(4)22-11)17-9-16-10-25(12(2)15-7-8-15)21(26)18(16)19(23-17)13(3)24(5)30(6,27)28;1-11-19(28-13(3)21-11)16-8-15-9-24(12(2)14-6-7-14)20(25)18(15)17(22-16)10-23(4)29(5,26)27/h2*9,12,14,16H,5-8,10-11H2,1-4H3;7,12,14,16H,5-6,8-10H2,1-4H3;9,12-13,15H,7-8,10H2,1-6H3;8,12,14H,6-7,9-10H2,1-5H3/t12-,14+;12-,14-;12-;12-,13?;12-/m10000/s1. The number of thiazole rings is 5. The van der Waals surface area contributed by atoms with E-state index in [0.29, 0.717) is 148 Å². The van der Waals surface area contributed by atoms with Crippen LogP contribution in [0.4, 0.5) is 17.5 Å². The number of carbonyl (C=O) groups excluding carboxylic acids is 5. The van der Waals surface area contributed by atoms with Gasteiger partial charge >= 0.3 is 0 Å². The number of nitrogens with zero attached hydrogens (tertiary/aromatic N) is 20. The first-order chi connectivity index (χ1) is 69.5. The fraction of sp³-hybridized carbons (Fsp3) is 0.575. The molecule has 0 bridgehead atoms. The molecule has 0 N–H and O–H groups in total. The maximum atomic E-state index is 13.5. The fourth-order valence-electron chi connectivity index (χ4n) is 21.9. The summed E-state index contributed by atoms with van der Waals surface area (Å²) in [7, 11) is -6.88. The van der Waals surface area contributed by atoms with Gasteiger partial charge < -0.3 is 48.7 Å². The van der Waals surface area contributed by atoms with Crippen molar-refractivity contribution in [2.24, 2.45) is 29.6 Å². The number of carbonyl (C=O) groups is 5. The van der Waals surface area contributed by atoms with E-state index in [1.54, 1.807) is 63.6 Å². The minimum Gasteiger partial charge on any atom is -0.377 e. The number of hydrogen-bond acceptors (Lipinski definition) is 31. The number of hydrogen-bond donors (Lipinski definition) is 0. The van der Waals surface area contributed by atoms with Gasteiger partial charge in [-0.05, 0) is 277 Å². The molecule has 10 aromatic rings. The molecule has 41 heteroatoms. The molecule has 5 saturated carbocycles. The zero-order valence-electron chi connectivity index (χ0n) is 88.5. The Kier molecular flexibility index (Phi) is 29.6. The van der Waals surface area contributed by atoms with Crippen LogP contribution in [0.2, 0.25) is 0 Å². The summed E-state index contributed by atoms with van der Waals surface area (Å²) in [6.45, 7) is 44.8. The molecule has 10 aromatic heterocycles. The molecule has 33 nitrogen and oxygen atoms in total. The Labute approximate surface area is 883 Å². The zero-order chi connectivity index (χ0) is 105. The summed E-state index contributed by atoms with van der Waals surface area (Å²) in [5.74, 6) is 5.53. The van der Waals surface area contributed by atoms with E-state index in [1.807, 2.05) is 107 Å². The van der Waals surface area contributed by atoms with Crippen molar-refractivity contribution in [2.45, 2.75) is 282 Å². The first-order valence-corrected chi connectivity index (χ1v) is 61.2. The smallest absolute Gasteiger partial charge is 0.258 e. The van der Waals surface area contributed by atoms with Crippen molar-refractivity contribution >= 4 is 134 Å². The minimum atomic E-state index is -3.44. The fourth-order valence-corrected chi connectivity index (χ4v) is 28.2. The van der Waals surface area contributed by atoms with E-state index in [4.69, 9.17) is 34.4 Å². The first kappa shape index (κ1) is 106. The van der Waals surface area contributed by atoms with Gasteiger partial charge in [0.05, 0.1) is 214 Å². The molecular formula is C106H136N20O13S8. The van der Waals surface area contributed by atoms with Crippen LogP contribution in [0.25, 0.3) is 52.9 Å². The number of aromatic nitrogens is 10. The number of sulfone groups is 1. The van der Waals surface area contributed by atoms with Crippen molar-refractivity contribution < 1.29 is 58.7 Å². The van der Waals surface area contributed by atoms with E-state index in [2.05, 4.69) is 105 Å². The molecule has 13 aliphatic rings. The maximum absolute atomic E-state index is 13.5. The van der Waals surface area contributed by atoms with Gasteiger partial charge in [0.2, 0.25) is 20.0 Å². The second-order valence-electron chi connectivity index (χ2n) is 42.9. The summed E-state index contributed by atoms with van der Waals surface area (Å²) in [6, 6.07) is 11.3. The highest BCUT2D eigenvalue weighted by molar-refractivity contribution is 7.91. The molecule has 1 unspecified atom stereocenters. The molecule has 3 saturated heterocycles. The Balaban J connectivity index is 0.000000116. The van der Waals surface area contributed by atoms with Crippen molar-refractivity contribution in [1.82, 2.24) is 82.9 Å². The van der Waals surface area contributed by atoms with Crippen LogP contribution in [-0.2, 0) is 78.6 Å². The monoisotopic (exact) mass is 2150 g/mol. The molecule has 5 aliphatic carbocycles. The Hall–Kier alpha value is -9.66. The van der Waals surface area contributed by atoms with Gasteiger partial charge in [0.25, 0.3) is 29.5 Å². The van der Waals surface area contributed by atoms with Crippen molar-refractivity contribution in [3.63, 3.8) is 0 Å². The van der Waals surface area contributed by atoms with Crippen LogP contribution in [0.15, 0.2) is 30.3 Å². The summed E-state index contributed by atoms with van der Waals surface area (Å²) in [4.78, 5) is 136. The number of fused-ring (bicyclic) bond motifs is 5. The Morgan fingerprint density at radius 2 is 0.639 bits per heavy atom. The topological polar surface area (TPSA) is 368 Å². The average molecular weight is 2150 g/mol. The number of rotatable bonds is 25. The number of anilines is 3. The molecule has 0 spiro atoms. The minimum absolute atomic E-state index is 0.0264. The first-order valence-electron chi connectivity index (χ1n) is 51.5. The molecule has 786 valence electrons. The molecule has 8 aliphatic heterocycles. The number of aryl methyl sites for hydroxylation is 10. The SMILES string of the molecule is Cc1nc(C)c(-c2cc3c(c(C(C)N(C)S(C)(=O)=O)n2)C(=O)N([C@@H](C)C2CC2)C3)s1.Cc1nc(C)c(-c2cc3c(c(CN(C)S(C)(=O)=O)n2)C(=O)N([C@@H](C)C2CC2)C3)s1.Cc1nc(C)c(-c2cc3c(c(N4CC(S(C)(=O)=O)C4)n2)C(=O)N([C@@H](C)C2CC2)C3)s1.Cc1nc(C)c(-c2cc3c(c(N4CCOC[C@@H]4C)n2)C(=O)N([C@@H](C)C2CC2)C3)s1.Cc1nc(C)c(-c2cc3c(c(N4CCOC[C@H]4C)n2)C(=O)N([C@@H](C)C2CC2)C3)s1. The Bertz CT molecular complexity index is 7100. The third-order valence-corrected chi connectivity index (χ3v) is 41.3. The molecule has 5 amide bonds. The predicted molar refractivity (Wildman–Crippen MR) is 578 cm³/mol. The van der Waals surface area contributed by atoms with Crippen molar-refractivity contribution in [3.8, 4) is 52.9 Å². The highest BCUT2D eigenvalue weighted by atomic mass is 32.2. The van der Waals surface area contributed by atoms with Crippen LogP contribution >= 0.6 is 56.7 Å². The van der Waals surface area contributed by atoms with E-state index >= 15 is 0 Å². The van der Waals surface area contributed by atoms with Gasteiger partial charge in [-0.15, -0.1) is 56.7 Å². The van der Waals surface area contributed by atoms with E-state index in [9.17, 15) is 49.2 Å². The van der Waals surface area contributed by atoms with Crippen molar-refractivity contribution in [3.05, 3.63) is 151 Å². The van der Waals surface area contributed by atoms with Crippen LogP contribution in [0.1, 0.15) is 270 Å². The lowest BCUT2D eigenvalue weighted by Crippen LogP contribution is -2.55. The second kappa shape index (κ2) is 41.2. The molecule has 18 heterocycles. The molecule has 8 fully saturated rings. The van der Waals surface area contributed by atoms with Gasteiger partial charge in [0.1, 0.15) is 17.5 Å². The quantitative estimate of drug-likeness (QED) is 0.0513. The number of amides is 5. The lowest BCUT2D eigenvalue weighted by molar-refractivity contribution is 0.0688. The number of pyridine rings is 5. The number of ether oxygens (including phenoxy) is 2. The lowest BCUT2D eigenvalue weighted by atomic mass is 10.0.